The van der Waals surface area contributed by atoms with Gasteiger partial charge < -0.3 is 20.3 Å². The lowest BCUT2D eigenvalue weighted by Gasteiger charge is -2.31. The molecule has 0 aromatic heterocycles. The van der Waals surface area contributed by atoms with Gasteiger partial charge in [0.05, 0.1) is 6.10 Å². The van der Waals surface area contributed by atoms with Crippen LogP contribution >= 0.6 is 0 Å². The summed E-state index contributed by atoms with van der Waals surface area (Å²) in [7, 11) is -3.32. The Balaban J connectivity index is 1.44. The number of nitrogens with zero attached hydrogens (tertiary/aromatic N) is 1. The topological polar surface area (TPSA) is 116 Å². The van der Waals surface area contributed by atoms with Crippen molar-refractivity contribution in [3.63, 3.8) is 0 Å². The van der Waals surface area contributed by atoms with E-state index < -0.39 is 39.1 Å². The predicted molar refractivity (Wildman–Crippen MR) is 164 cm³/mol. The van der Waals surface area contributed by atoms with Gasteiger partial charge in [0.25, 0.3) is 0 Å². The molecule has 0 amide bonds. The van der Waals surface area contributed by atoms with Crippen molar-refractivity contribution in [3.8, 4) is 16.9 Å². The Morgan fingerprint density at radius 3 is 2.29 bits per heavy atom. The van der Waals surface area contributed by atoms with Crippen molar-refractivity contribution in [2.24, 2.45) is 5.92 Å². The number of hydrogen-bond donors (Lipinski definition) is 3. The first-order chi connectivity index (χ1) is 21.0. The maximum atomic E-state index is 13.5. The highest BCUT2D eigenvalue weighted by atomic mass is 32.2. The number of aliphatic carboxylic acids is 1. The van der Waals surface area contributed by atoms with E-state index in [1.54, 1.807) is 24.3 Å². The zero-order valence-electron chi connectivity index (χ0n) is 25.5. The van der Waals surface area contributed by atoms with Crippen LogP contribution in [0.15, 0.2) is 71.6 Å². The number of β-amino-alcohol motifs (C(OH)–C–C–N with tert-alkyl or cyclic N) is 1. The molecule has 244 valence electrons. The van der Waals surface area contributed by atoms with Crippen LogP contribution < -0.4 is 10.1 Å². The molecule has 1 aliphatic carbocycles. The molecule has 0 saturated heterocycles. The number of halogens is 3. The van der Waals surface area contributed by atoms with Gasteiger partial charge in [0, 0.05) is 32.1 Å². The number of nitrogens with one attached hydrogen (secondary N) is 1. The van der Waals surface area contributed by atoms with Crippen LogP contribution in [0.2, 0.25) is 0 Å². The SMILES string of the molecule is CN(C[C@H](O)CNC(C)(C)CC1Cc2ccccc2C1)S(=O)(=O)c1ccc(-c2cccc(CCC(=O)O)c2)cc1OC(F)(F)F. The molecule has 0 radical (unpaired) electrons. The van der Waals surface area contributed by atoms with Gasteiger partial charge in [0.1, 0.15) is 10.6 Å². The number of likely N-dealkylation sites (N-methyl/N-ethyl adjacent to an activating group) is 1. The number of sulfonamides is 1. The van der Waals surface area contributed by atoms with Gasteiger partial charge in [-0.3, -0.25) is 4.79 Å². The Hall–Kier alpha value is -3.45. The molecule has 45 heavy (non-hydrogen) atoms. The lowest BCUT2D eigenvalue weighted by molar-refractivity contribution is -0.275. The number of carbonyl (C=O) groups is 1. The van der Waals surface area contributed by atoms with E-state index in [-0.39, 0.29) is 37.0 Å². The molecule has 8 nitrogen and oxygen atoms in total. The first-order valence-corrected chi connectivity index (χ1v) is 16.1. The summed E-state index contributed by atoms with van der Waals surface area (Å²) in [6.45, 7) is 3.76. The minimum absolute atomic E-state index is 0.0790. The summed E-state index contributed by atoms with van der Waals surface area (Å²) in [5.41, 5.74) is 3.72. The summed E-state index contributed by atoms with van der Waals surface area (Å²) in [5.74, 6) is -1.46. The predicted octanol–water partition coefficient (Wildman–Crippen LogP) is 5.42. The molecule has 0 unspecified atom stereocenters. The lowest BCUT2D eigenvalue weighted by atomic mass is 9.88. The summed E-state index contributed by atoms with van der Waals surface area (Å²) < 4.78 is 72.1. The number of rotatable bonds is 14. The van der Waals surface area contributed by atoms with Crippen molar-refractivity contribution < 1.29 is 41.3 Å². The van der Waals surface area contributed by atoms with Crippen LogP contribution in [0.5, 0.6) is 5.75 Å². The zero-order chi connectivity index (χ0) is 33.0. The van der Waals surface area contributed by atoms with E-state index in [9.17, 15) is 31.5 Å². The fourth-order valence-corrected chi connectivity index (χ4v) is 7.17. The van der Waals surface area contributed by atoms with Gasteiger partial charge in [-0.15, -0.1) is 13.2 Å². The molecule has 3 N–H and O–H groups in total. The fourth-order valence-electron chi connectivity index (χ4n) is 5.87. The summed E-state index contributed by atoms with van der Waals surface area (Å²) in [6.07, 6.45) is -3.41. The number of ether oxygens (including phenoxy) is 1. The number of hydrogen-bond acceptors (Lipinski definition) is 6. The van der Waals surface area contributed by atoms with Crippen LogP contribution in [0.25, 0.3) is 11.1 Å². The average molecular weight is 649 g/mol. The molecule has 0 fully saturated rings. The highest BCUT2D eigenvalue weighted by Crippen LogP contribution is 2.36. The van der Waals surface area contributed by atoms with Crippen molar-refractivity contribution >= 4 is 16.0 Å². The van der Waals surface area contributed by atoms with Gasteiger partial charge in [0.2, 0.25) is 10.0 Å². The van der Waals surface area contributed by atoms with Crippen LogP contribution in [0.3, 0.4) is 0 Å². The summed E-state index contributed by atoms with van der Waals surface area (Å²) in [6, 6.07) is 18.3. The molecule has 3 aromatic rings. The van der Waals surface area contributed by atoms with Gasteiger partial charge >= 0.3 is 12.3 Å². The minimum Gasteiger partial charge on any atom is -0.481 e. The van der Waals surface area contributed by atoms with Gasteiger partial charge in [-0.1, -0.05) is 54.6 Å². The Bertz CT molecular complexity index is 1580. The third-order valence-electron chi connectivity index (χ3n) is 7.96. The molecule has 12 heteroatoms. The van der Waals surface area contributed by atoms with E-state index in [0.29, 0.717) is 17.0 Å². The smallest absolute Gasteiger partial charge is 0.481 e. The Morgan fingerprint density at radius 2 is 1.67 bits per heavy atom. The van der Waals surface area contributed by atoms with Crippen molar-refractivity contribution in [2.75, 3.05) is 20.1 Å². The molecule has 3 aromatic carbocycles. The highest BCUT2D eigenvalue weighted by molar-refractivity contribution is 7.89. The van der Waals surface area contributed by atoms with Gasteiger partial charge in [-0.05, 0) is 85.4 Å². The van der Waals surface area contributed by atoms with Gasteiger partial charge in [-0.25, -0.2) is 8.42 Å². The number of benzene rings is 3. The molecule has 0 saturated carbocycles. The van der Waals surface area contributed by atoms with Crippen molar-refractivity contribution in [2.45, 2.75) is 68.9 Å². The monoisotopic (exact) mass is 648 g/mol. The number of alkyl halides is 3. The number of carboxylic acids is 1. The number of aliphatic hydroxyl groups is 1. The Morgan fingerprint density at radius 1 is 1.02 bits per heavy atom. The lowest BCUT2D eigenvalue weighted by Crippen LogP contribution is -2.47. The molecule has 0 heterocycles. The molecular formula is C33H39F3N2O6S. The van der Waals surface area contributed by atoms with Crippen LogP contribution in [0.4, 0.5) is 13.2 Å². The van der Waals surface area contributed by atoms with E-state index in [1.165, 1.54) is 24.2 Å². The second-order valence-electron chi connectivity index (χ2n) is 12.3. The summed E-state index contributed by atoms with van der Waals surface area (Å²) >= 11 is 0. The second-order valence-corrected chi connectivity index (χ2v) is 14.3. The molecule has 0 aliphatic heterocycles. The minimum atomic E-state index is -5.17. The van der Waals surface area contributed by atoms with Crippen molar-refractivity contribution in [1.29, 1.82) is 0 Å². The zero-order valence-corrected chi connectivity index (χ0v) is 26.3. The van der Waals surface area contributed by atoms with Crippen LogP contribution in [-0.4, -0.2) is 67.0 Å². The van der Waals surface area contributed by atoms with Gasteiger partial charge in [-0.2, -0.15) is 4.31 Å². The van der Waals surface area contributed by atoms with Crippen molar-refractivity contribution in [3.05, 3.63) is 83.4 Å². The number of carboxylic acid groups (broad SMARTS) is 1. The Labute approximate surface area is 261 Å². The summed E-state index contributed by atoms with van der Waals surface area (Å²) in [5, 5.41) is 23.0. The van der Waals surface area contributed by atoms with Gasteiger partial charge in [0.15, 0.2) is 0 Å². The fraction of sp³-hybridized carbons (Fsp3) is 0.424. The van der Waals surface area contributed by atoms with Crippen LogP contribution in [0, 0.1) is 5.92 Å². The van der Waals surface area contributed by atoms with E-state index >= 15 is 0 Å². The second kappa shape index (κ2) is 13.9. The first kappa shape index (κ1) is 34.4. The van der Waals surface area contributed by atoms with Crippen LogP contribution in [-0.2, 0) is 34.1 Å². The Kier molecular flexibility index (Phi) is 10.6. The maximum absolute atomic E-state index is 13.5. The van der Waals surface area contributed by atoms with E-state index in [2.05, 4.69) is 22.2 Å². The number of aliphatic hydroxyl groups excluding tert-OH is 1. The quantitative estimate of drug-likeness (QED) is 0.214. The molecule has 0 spiro atoms. The largest absolute Gasteiger partial charge is 0.573 e. The normalized spacial score (nSPS) is 14.8. The summed E-state index contributed by atoms with van der Waals surface area (Å²) in [4.78, 5) is 10.2. The van der Waals surface area contributed by atoms with E-state index in [0.717, 1.165) is 35.7 Å². The van der Waals surface area contributed by atoms with Crippen molar-refractivity contribution in [1.82, 2.24) is 9.62 Å². The average Bonchev–Trinajstić information content (AvgIpc) is 3.36. The van der Waals surface area contributed by atoms with E-state index in [1.807, 2.05) is 26.0 Å². The molecular weight excluding hydrogens is 609 g/mol. The molecule has 0 bridgehead atoms. The molecule has 1 aliphatic rings. The van der Waals surface area contributed by atoms with Crippen LogP contribution in [0.1, 0.15) is 43.4 Å². The maximum Gasteiger partial charge on any atom is 0.573 e. The number of fused-ring (bicyclic) bond motifs is 1. The first-order valence-electron chi connectivity index (χ1n) is 14.7. The third kappa shape index (κ3) is 9.52. The highest BCUT2D eigenvalue weighted by Gasteiger charge is 2.36. The molecule has 4 rings (SSSR count). The van der Waals surface area contributed by atoms with E-state index in [4.69, 9.17) is 5.11 Å². The standard InChI is InChI=1S/C33H39F3N2O6S/c1-32(2,19-23-16-24-8-4-5-9-25(24)17-23)37-20-28(39)21-38(3)45(42,43)30-13-12-27(18-29(30)44-33(34,35)36)26-10-6-7-22(15-26)11-14-31(40)41/h4-10,12-13,15,18,23,28,37,39H,11,14,16-17,19-21H2,1-3H3,(H,40,41)/t28-/m1/s1. The third-order valence-corrected chi connectivity index (χ3v) is 9.83. The number of aryl methyl sites for hydroxylation is 1. The molecule has 1 atom stereocenters.